The number of aldehydes is 1. The van der Waals surface area contributed by atoms with Gasteiger partial charge in [-0.1, -0.05) is 25.4 Å². The van der Waals surface area contributed by atoms with Crippen LogP contribution in [0.1, 0.15) is 43.5 Å². The fourth-order valence-corrected chi connectivity index (χ4v) is 3.07. The zero-order valence-corrected chi connectivity index (χ0v) is 11.6. The highest BCUT2D eigenvalue weighted by molar-refractivity contribution is 6.32. The summed E-state index contributed by atoms with van der Waals surface area (Å²) in [5.41, 5.74) is 0.581. The van der Waals surface area contributed by atoms with E-state index in [4.69, 9.17) is 16.3 Å². The molecule has 1 aliphatic carbocycles. The maximum Gasteiger partial charge on any atom is 0.150 e. The van der Waals surface area contributed by atoms with Gasteiger partial charge in [0.25, 0.3) is 0 Å². The number of carbonyl (C=O) groups excluding carboxylic acids is 1. The third-order valence-electron chi connectivity index (χ3n) is 3.52. The monoisotopic (exact) mass is 266 g/mol. The predicted octanol–water partition coefficient (Wildman–Crippen LogP) is 4.36. The molecule has 1 aliphatic rings. The Bertz CT molecular complexity index is 421. The van der Waals surface area contributed by atoms with Gasteiger partial charge in [-0.3, -0.25) is 4.79 Å². The van der Waals surface area contributed by atoms with E-state index in [0.29, 0.717) is 28.2 Å². The van der Waals surface area contributed by atoms with E-state index < -0.39 is 0 Å². The van der Waals surface area contributed by atoms with Crippen LogP contribution in [-0.2, 0) is 0 Å². The lowest BCUT2D eigenvalue weighted by Gasteiger charge is -2.31. The first kappa shape index (κ1) is 13.4. The van der Waals surface area contributed by atoms with E-state index in [9.17, 15) is 4.79 Å². The summed E-state index contributed by atoms with van der Waals surface area (Å²) in [7, 11) is 0. The zero-order valence-electron chi connectivity index (χ0n) is 10.9. The highest BCUT2D eigenvalue weighted by Crippen LogP contribution is 2.33. The summed E-state index contributed by atoms with van der Waals surface area (Å²) in [6.45, 7) is 4.53. The van der Waals surface area contributed by atoms with Crippen molar-refractivity contribution in [1.82, 2.24) is 0 Å². The largest absolute Gasteiger partial charge is 0.489 e. The van der Waals surface area contributed by atoms with Crippen LogP contribution >= 0.6 is 11.6 Å². The second-order valence-electron chi connectivity index (χ2n) is 5.47. The molecule has 0 bridgehead atoms. The van der Waals surface area contributed by atoms with Gasteiger partial charge < -0.3 is 4.74 Å². The number of rotatable bonds is 3. The number of hydrogen-bond acceptors (Lipinski definition) is 2. The minimum atomic E-state index is 0.239. The van der Waals surface area contributed by atoms with Crippen molar-refractivity contribution in [2.45, 2.75) is 39.2 Å². The van der Waals surface area contributed by atoms with Crippen LogP contribution in [-0.4, -0.2) is 12.4 Å². The van der Waals surface area contributed by atoms with Crippen molar-refractivity contribution in [2.24, 2.45) is 11.8 Å². The van der Waals surface area contributed by atoms with Gasteiger partial charge in [-0.25, -0.2) is 0 Å². The van der Waals surface area contributed by atoms with E-state index >= 15 is 0 Å². The third kappa shape index (κ3) is 3.26. The quantitative estimate of drug-likeness (QED) is 0.760. The molecule has 1 saturated carbocycles. The molecule has 0 heterocycles. The lowest BCUT2D eigenvalue weighted by molar-refractivity contribution is 0.101. The standard InChI is InChI=1S/C15H19ClO2/c1-10-5-11(2)7-13(6-10)18-15-4-3-12(9-17)8-14(15)16/h3-4,8-11,13H,5-7H2,1-2H3. The highest BCUT2D eigenvalue weighted by atomic mass is 35.5. The molecule has 1 fully saturated rings. The summed E-state index contributed by atoms with van der Waals surface area (Å²) < 4.78 is 5.98. The van der Waals surface area contributed by atoms with Crippen LogP contribution in [0.5, 0.6) is 5.75 Å². The van der Waals surface area contributed by atoms with Crippen molar-refractivity contribution >= 4 is 17.9 Å². The first-order chi connectivity index (χ1) is 8.58. The second-order valence-corrected chi connectivity index (χ2v) is 5.87. The van der Waals surface area contributed by atoms with Crippen molar-refractivity contribution in [3.8, 4) is 5.75 Å². The number of carbonyl (C=O) groups is 1. The van der Waals surface area contributed by atoms with Gasteiger partial charge in [0.1, 0.15) is 12.0 Å². The molecule has 0 aromatic heterocycles. The Morgan fingerprint density at radius 3 is 2.44 bits per heavy atom. The number of halogens is 1. The predicted molar refractivity (Wildman–Crippen MR) is 73.4 cm³/mol. The third-order valence-corrected chi connectivity index (χ3v) is 3.82. The molecule has 2 unspecified atom stereocenters. The summed E-state index contributed by atoms with van der Waals surface area (Å²) >= 11 is 6.12. The number of benzene rings is 1. The lowest BCUT2D eigenvalue weighted by atomic mass is 9.82. The summed E-state index contributed by atoms with van der Waals surface area (Å²) in [6.07, 6.45) is 4.47. The van der Waals surface area contributed by atoms with Crippen LogP contribution in [0, 0.1) is 11.8 Å². The van der Waals surface area contributed by atoms with Gasteiger partial charge in [0, 0.05) is 5.56 Å². The lowest BCUT2D eigenvalue weighted by Crippen LogP contribution is -2.28. The van der Waals surface area contributed by atoms with Crippen LogP contribution in [0.3, 0.4) is 0 Å². The average Bonchev–Trinajstić information content (AvgIpc) is 2.30. The van der Waals surface area contributed by atoms with Gasteiger partial charge >= 0.3 is 0 Å². The van der Waals surface area contributed by atoms with E-state index in [2.05, 4.69) is 13.8 Å². The molecule has 0 amide bonds. The Hall–Kier alpha value is -1.02. The molecule has 0 radical (unpaired) electrons. The molecule has 2 nitrogen and oxygen atoms in total. The normalized spacial score (nSPS) is 27.8. The van der Waals surface area contributed by atoms with Crippen LogP contribution in [0.15, 0.2) is 18.2 Å². The minimum absolute atomic E-state index is 0.239. The molecule has 2 atom stereocenters. The van der Waals surface area contributed by atoms with Crippen LogP contribution in [0.25, 0.3) is 0 Å². The van der Waals surface area contributed by atoms with Crippen molar-refractivity contribution in [1.29, 1.82) is 0 Å². The Morgan fingerprint density at radius 1 is 1.22 bits per heavy atom. The fraction of sp³-hybridized carbons (Fsp3) is 0.533. The fourth-order valence-electron chi connectivity index (χ4n) is 2.83. The van der Waals surface area contributed by atoms with Crippen LogP contribution in [0.2, 0.25) is 5.02 Å². The van der Waals surface area contributed by atoms with Gasteiger partial charge in [0.2, 0.25) is 0 Å². The van der Waals surface area contributed by atoms with Gasteiger partial charge in [-0.2, -0.15) is 0 Å². The summed E-state index contributed by atoms with van der Waals surface area (Å²) in [5.74, 6) is 2.09. The van der Waals surface area contributed by atoms with E-state index in [1.54, 1.807) is 18.2 Å². The van der Waals surface area contributed by atoms with E-state index in [-0.39, 0.29) is 6.10 Å². The molecule has 18 heavy (non-hydrogen) atoms. The molecule has 0 aliphatic heterocycles. The molecule has 0 spiro atoms. The highest BCUT2D eigenvalue weighted by Gasteiger charge is 2.25. The number of ether oxygens (including phenoxy) is 1. The molecule has 1 aromatic carbocycles. The Labute approximate surface area is 113 Å². The van der Waals surface area contributed by atoms with Crippen molar-refractivity contribution in [3.63, 3.8) is 0 Å². The first-order valence-corrected chi connectivity index (χ1v) is 6.87. The smallest absolute Gasteiger partial charge is 0.150 e. The van der Waals surface area contributed by atoms with Crippen molar-refractivity contribution < 1.29 is 9.53 Å². The zero-order chi connectivity index (χ0) is 13.1. The molecular formula is C15H19ClO2. The van der Waals surface area contributed by atoms with Crippen molar-refractivity contribution in [2.75, 3.05) is 0 Å². The van der Waals surface area contributed by atoms with Crippen LogP contribution < -0.4 is 4.74 Å². The van der Waals surface area contributed by atoms with E-state index in [0.717, 1.165) is 19.1 Å². The Morgan fingerprint density at radius 2 is 1.89 bits per heavy atom. The summed E-state index contributed by atoms with van der Waals surface area (Å²) in [5, 5.41) is 0.519. The first-order valence-electron chi connectivity index (χ1n) is 6.50. The second kappa shape index (κ2) is 5.75. The average molecular weight is 267 g/mol. The minimum Gasteiger partial charge on any atom is -0.489 e. The molecule has 2 rings (SSSR count). The van der Waals surface area contributed by atoms with E-state index in [1.165, 1.54) is 6.42 Å². The topological polar surface area (TPSA) is 26.3 Å². The number of hydrogen-bond donors (Lipinski definition) is 0. The van der Waals surface area contributed by atoms with Gasteiger partial charge in [0.15, 0.2) is 0 Å². The van der Waals surface area contributed by atoms with Gasteiger partial charge in [0.05, 0.1) is 11.1 Å². The van der Waals surface area contributed by atoms with Gasteiger partial charge in [-0.15, -0.1) is 0 Å². The summed E-state index contributed by atoms with van der Waals surface area (Å²) in [4.78, 5) is 10.6. The van der Waals surface area contributed by atoms with Crippen LogP contribution in [0.4, 0.5) is 0 Å². The van der Waals surface area contributed by atoms with Crippen molar-refractivity contribution in [3.05, 3.63) is 28.8 Å². The molecule has 0 saturated heterocycles. The molecule has 3 heteroatoms. The molecular weight excluding hydrogens is 248 g/mol. The molecule has 0 N–H and O–H groups in total. The SMILES string of the molecule is CC1CC(C)CC(Oc2ccc(C=O)cc2Cl)C1. The van der Waals surface area contributed by atoms with E-state index in [1.807, 2.05) is 0 Å². The van der Waals surface area contributed by atoms with Gasteiger partial charge in [-0.05, 0) is 49.3 Å². The molecule has 98 valence electrons. The Kier molecular flexibility index (Phi) is 4.28. The summed E-state index contributed by atoms with van der Waals surface area (Å²) in [6, 6.07) is 5.18. The Balaban J connectivity index is 2.06. The molecule has 1 aromatic rings. The maximum atomic E-state index is 10.6. The maximum absolute atomic E-state index is 10.6.